The van der Waals surface area contributed by atoms with Crippen LogP contribution in [0.25, 0.3) is 11.0 Å². The summed E-state index contributed by atoms with van der Waals surface area (Å²) in [5.41, 5.74) is 0.287. The molecule has 0 aliphatic rings. The predicted molar refractivity (Wildman–Crippen MR) is 53.1 cm³/mol. The first-order valence-electron chi connectivity index (χ1n) is 5.02. The first kappa shape index (κ1) is 12.7. The van der Waals surface area contributed by atoms with Gasteiger partial charge >= 0.3 is 12.1 Å². The third-order valence-corrected chi connectivity index (χ3v) is 2.45. The summed E-state index contributed by atoms with van der Waals surface area (Å²) in [6.45, 7) is -0.549. The van der Waals surface area contributed by atoms with Gasteiger partial charge in [0.15, 0.2) is 5.65 Å². The molecule has 0 bridgehead atoms. The van der Waals surface area contributed by atoms with E-state index >= 15 is 0 Å². The topological polar surface area (TPSA) is 30.7 Å². The van der Waals surface area contributed by atoms with Crippen molar-refractivity contribution in [3.8, 4) is 0 Å². The van der Waals surface area contributed by atoms with Crippen molar-refractivity contribution in [2.45, 2.75) is 25.1 Å². The monoisotopic (exact) mass is 265 g/mol. The van der Waals surface area contributed by atoms with Crippen LogP contribution in [0.15, 0.2) is 24.5 Å². The number of hydrogen-bond donors (Lipinski definition) is 0. The second-order valence-electron chi connectivity index (χ2n) is 3.74. The van der Waals surface area contributed by atoms with Crippen LogP contribution in [-0.2, 0) is 6.54 Å². The van der Waals surface area contributed by atoms with Crippen LogP contribution in [-0.4, -0.2) is 26.9 Å². The standard InChI is InChI=1S/C10H8F5N3/c11-9(12,10(13,14)15)3-5-18-8-7(6-17-18)2-1-4-16-8/h1-2,4,6H,3,5H2. The highest BCUT2D eigenvalue weighted by Gasteiger charge is 2.56. The summed E-state index contributed by atoms with van der Waals surface area (Å²) in [5, 5.41) is 4.32. The van der Waals surface area contributed by atoms with Gasteiger partial charge < -0.3 is 0 Å². The normalized spacial score (nSPS) is 13.2. The molecule has 0 saturated carbocycles. The average molecular weight is 265 g/mol. The molecule has 2 rings (SSSR count). The fourth-order valence-corrected chi connectivity index (χ4v) is 1.46. The van der Waals surface area contributed by atoms with Crippen LogP contribution in [0.4, 0.5) is 22.0 Å². The summed E-state index contributed by atoms with van der Waals surface area (Å²) >= 11 is 0. The molecule has 0 aliphatic heterocycles. The van der Waals surface area contributed by atoms with Gasteiger partial charge in [-0.15, -0.1) is 0 Å². The van der Waals surface area contributed by atoms with E-state index in [4.69, 9.17) is 0 Å². The molecule has 2 aromatic heterocycles. The van der Waals surface area contributed by atoms with E-state index in [2.05, 4.69) is 10.1 Å². The highest BCUT2D eigenvalue weighted by atomic mass is 19.4. The van der Waals surface area contributed by atoms with Crippen molar-refractivity contribution in [2.75, 3.05) is 0 Å². The minimum absolute atomic E-state index is 0.287. The van der Waals surface area contributed by atoms with Gasteiger partial charge in [-0.1, -0.05) is 0 Å². The van der Waals surface area contributed by atoms with Gasteiger partial charge in [0.1, 0.15) is 0 Å². The molecule has 0 aliphatic carbocycles. The third kappa shape index (κ3) is 2.27. The number of rotatable bonds is 3. The van der Waals surface area contributed by atoms with E-state index in [1.165, 1.54) is 12.4 Å². The van der Waals surface area contributed by atoms with Crippen molar-refractivity contribution >= 4 is 11.0 Å². The van der Waals surface area contributed by atoms with E-state index in [1.54, 1.807) is 12.1 Å². The Hall–Kier alpha value is -1.73. The van der Waals surface area contributed by atoms with Gasteiger partial charge in [-0.3, -0.25) is 0 Å². The Labute approximate surface area is 98.2 Å². The molecule has 0 fully saturated rings. The molecule has 0 atom stereocenters. The lowest BCUT2D eigenvalue weighted by molar-refractivity contribution is -0.285. The van der Waals surface area contributed by atoms with Gasteiger partial charge in [0, 0.05) is 24.5 Å². The lowest BCUT2D eigenvalue weighted by atomic mass is 10.2. The highest BCUT2D eigenvalue weighted by molar-refractivity contribution is 5.73. The lowest BCUT2D eigenvalue weighted by Gasteiger charge is -2.19. The van der Waals surface area contributed by atoms with E-state index in [-0.39, 0.29) is 5.65 Å². The zero-order valence-corrected chi connectivity index (χ0v) is 8.96. The lowest BCUT2D eigenvalue weighted by Crippen LogP contribution is -2.37. The molecule has 2 heterocycles. The number of nitrogens with zero attached hydrogens (tertiary/aromatic N) is 3. The van der Waals surface area contributed by atoms with Crippen LogP contribution in [0.5, 0.6) is 0 Å². The number of halogens is 5. The molecule has 8 heteroatoms. The number of aryl methyl sites for hydroxylation is 1. The summed E-state index contributed by atoms with van der Waals surface area (Å²) in [5.74, 6) is -4.72. The number of alkyl halides is 5. The average Bonchev–Trinajstić information content (AvgIpc) is 2.68. The number of aromatic nitrogens is 3. The van der Waals surface area contributed by atoms with Crippen LogP contribution >= 0.6 is 0 Å². The zero-order chi connectivity index (χ0) is 13.4. The third-order valence-electron chi connectivity index (χ3n) is 2.45. The molecule has 0 radical (unpaired) electrons. The molecule has 3 nitrogen and oxygen atoms in total. The van der Waals surface area contributed by atoms with Crippen LogP contribution < -0.4 is 0 Å². The largest absolute Gasteiger partial charge is 0.453 e. The number of pyridine rings is 1. The van der Waals surface area contributed by atoms with E-state index < -0.39 is 25.1 Å². The van der Waals surface area contributed by atoms with Gasteiger partial charge in [-0.05, 0) is 12.1 Å². The van der Waals surface area contributed by atoms with E-state index in [9.17, 15) is 22.0 Å². The molecule has 0 amide bonds. The second kappa shape index (κ2) is 4.18. The molecule has 2 aromatic rings. The van der Waals surface area contributed by atoms with Gasteiger partial charge in [0.05, 0.1) is 6.20 Å². The molecular weight excluding hydrogens is 257 g/mol. The molecule has 0 spiro atoms. The van der Waals surface area contributed by atoms with E-state index in [0.29, 0.717) is 5.39 Å². The maximum Gasteiger partial charge on any atom is 0.453 e. The Morgan fingerprint density at radius 3 is 2.56 bits per heavy atom. The quantitative estimate of drug-likeness (QED) is 0.799. The maximum atomic E-state index is 12.7. The van der Waals surface area contributed by atoms with Crippen molar-refractivity contribution in [1.29, 1.82) is 0 Å². The molecule has 0 aromatic carbocycles. The predicted octanol–water partition coefficient (Wildman–Crippen LogP) is 3.02. The number of fused-ring (bicyclic) bond motifs is 1. The molecular formula is C10H8F5N3. The fraction of sp³-hybridized carbons (Fsp3) is 0.400. The fourth-order valence-electron chi connectivity index (χ4n) is 1.46. The van der Waals surface area contributed by atoms with Crippen molar-refractivity contribution in [3.05, 3.63) is 24.5 Å². The summed E-state index contributed by atoms with van der Waals surface area (Å²) in [6, 6.07) is 3.27. The summed E-state index contributed by atoms with van der Waals surface area (Å²) < 4.78 is 62.5. The SMILES string of the molecule is FC(F)(F)C(F)(F)CCn1ncc2cccnc21. The van der Waals surface area contributed by atoms with Crippen LogP contribution in [0.1, 0.15) is 6.42 Å². The summed E-state index contributed by atoms with van der Waals surface area (Å²) in [6.07, 6.45) is -4.11. The maximum absolute atomic E-state index is 12.7. The van der Waals surface area contributed by atoms with E-state index in [1.807, 2.05) is 0 Å². The smallest absolute Gasteiger partial charge is 0.247 e. The van der Waals surface area contributed by atoms with Crippen LogP contribution in [0, 0.1) is 0 Å². The van der Waals surface area contributed by atoms with Gasteiger partial charge in [-0.2, -0.15) is 27.1 Å². The minimum atomic E-state index is -5.54. The van der Waals surface area contributed by atoms with Crippen molar-refractivity contribution in [2.24, 2.45) is 0 Å². The van der Waals surface area contributed by atoms with Gasteiger partial charge in [0.2, 0.25) is 0 Å². The minimum Gasteiger partial charge on any atom is -0.247 e. The zero-order valence-electron chi connectivity index (χ0n) is 8.96. The Morgan fingerprint density at radius 1 is 1.17 bits per heavy atom. The van der Waals surface area contributed by atoms with Crippen LogP contribution in [0.2, 0.25) is 0 Å². The Bertz CT molecular complexity index is 546. The first-order chi connectivity index (χ1) is 8.31. The van der Waals surface area contributed by atoms with Gasteiger partial charge in [-0.25, -0.2) is 9.67 Å². The number of hydrogen-bond acceptors (Lipinski definition) is 2. The summed E-state index contributed by atoms with van der Waals surface area (Å²) in [4.78, 5) is 3.88. The van der Waals surface area contributed by atoms with Crippen molar-refractivity contribution < 1.29 is 22.0 Å². The van der Waals surface area contributed by atoms with E-state index in [0.717, 1.165) is 4.68 Å². The first-order valence-corrected chi connectivity index (χ1v) is 5.02. The van der Waals surface area contributed by atoms with Crippen LogP contribution in [0.3, 0.4) is 0 Å². The second-order valence-corrected chi connectivity index (χ2v) is 3.74. The molecule has 98 valence electrons. The summed E-state index contributed by atoms with van der Waals surface area (Å²) in [7, 11) is 0. The Morgan fingerprint density at radius 2 is 1.89 bits per heavy atom. The highest BCUT2D eigenvalue weighted by Crippen LogP contribution is 2.38. The van der Waals surface area contributed by atoms with Gasteiger partial charge in [0.25, 0.3) is 0 Å². The molecule has 18 heavy (non-hydrogen) atoms. The molecule has 0 N–H and O–H groups in total. The van der Waals surface area contributed by atoms with Crippen molar-refractivity contribution in [3.63, 3.8) is 0 Å². The Kier molecular flexibility index (Phi) is 2.95. The van der Waals surface area contributed by atoms with Crippen molar-refractivity contribution in [1.82, 2.24) is 14.8 Å². The molecule has 0 unspecified atom stereocenters. The molecule has 0 saturated heterocycles. The Balaban J connectivity index is 2.16.